The van der Waals surface area contributed by atoms with Gasteiger partial charge in [0.1, 0.15) is 5.75 Å². The van der Waals surface area contributed by atoms with Crippen molar-refractivity contribution in [2.24, 2.45) is 0 Å². The van der Waals surface area contributed by atoms with Gasteiger partial charge in [0.05, 0.1) is 6.61 Å². The van der Waals surface area contributed by atoms with Gasteiger partial charge in [0.2, 0.25) is 0 Å². The number of rotatable bonds is 2. The van der Waals surface area contributed by atoms with Crippen molar-refractivity contribution >= 4 is 53.9 Å². The summed E-state index contributed by atoms with van der Waals surface area (Å²) in [4.78, 5) is 0. The molecule has 0 heterocycles. The van der Waals surface area contributed by atoms with E-state index in [9.17, 15) is 10.2 Å². The molecule has 0 aliphatic rings. The topological polar surface area (TPSA) is 40.5 Å². The van der Waals surface area contributed by atoms with Crippen LogP contribution in [0.3, 0.4) is 0 Å². The first-order valence-electron chi connectivity index (χ1n) is 11.2. The Balaban J connectivity index is 1.76. The van der Waals surface area contributed by atoms with Crippen LogP contribution in [0.25, 0.3) is 65.0 Å². The fourth-order valence-electron chi connectivity index (χ4n) is 5.69. The Hall–Kier alpha value is -4.14. The van der Waals surface area contributed by atoms with Gasteiger partial charge >= 0.3 is 0 Å². The minimum atomic E-state index is -0.211. The summed E-state index contributed by atoms with van der Waals surface area (Å²) in [5, 5.41) is 32.8. The predicted octanol–water partition coefficient (Wildman–Crippen LogP) is 7.76. The summed E-state index contributed by atoms with van der Waals surface area (Å²) in [6, 6.07) is 33.7. The Morgan fingerprint density at radius 2 is 1.18 bits per heavy atom. The normalized spacial score (nSPS) is 12.0. The lowest BCUT2D eigenvalue weighted by Gasteiger charge is -2.19. The average Bonchev–Trinajstić information content (AvgIpc) is 2.86. The number of hydrogen-bond donors (Lipinski definition) is 2. The zero-order chi connectivity index (χ0) is 22.1. The molecule has 7 aromatic rings. The van der Waals surface area contributed by atoms with Crippen LogP contribution in [0.5, 0.6) is 5.75 Å². The second-order valence-electron chi connectivity index (χ2n) is 8.73. The molecule has 7 rings (SSSR count). The van der Waals surface area contributed by atoms with Crippen molar-refractivity contribution in [3.8, 4) is 16.9 Å². The number of benzene rings is 7. The van der Waals surface area contributed by atoms with Crippen LogP contribution in [0.15, 0.2) is 97.1 Å². The molecule has 2 heteroatoms. The van der Waals surface area contributed by atoms with E-state index in [0.29, 0.717) is 5.56 Å². The lowest BCUT2D eigenvalue weighted by molar-refractivity contribution is 0.276. The molecule has 0 aliphatic heterocycles. The lowest BCUT2D eigenvalue weighted by atomic mass is 9.85. The number of hydrogen-bond acceptors (Lipinski definition) is 2. The van der Waals surface area contributed by atoms with Crippen LogP contribution in [-0.4, -0.2) is 10.2 Å². The SMILES string of the molecule is OCc1c(O)cccc1-c1ccc2c3cccc4cc5ccccc5c(c5cccc1c25)c43. The van der Waals surface area contributed by atoms with Gasteiger partial charge in [0, 0.05) is 5.56 Å². The number of aromatic hydroxyl groups is 1. The summed E-state index contributed by atoms with van der Waals surface area (Å²) in [5.41, 5.74) is 2.44. The van der Waals surface area contributed by atoms with E-state index in [1.807, 2.05) is 12.1 Å². The Morgan fingerprint density at radius 3 is 2.09 bits per heavy atom. The van der Waals surface area contributed by atoms with Crippen LogP contribution in [0.1, 0.15) is 5.56 Å². The predicted molar refractivity (Wildman–Crippen MR) is 138 cm³/mol. The molecule has 7 aromatic carbocycles. The standard InChI is InChI=1S/C31H20O2/c32-17-27-21(9-5-13-28(27)33)22-14-15-25-24-10-3-7-19-16-18-6-1-2-8-20(18)31(29(19)24)26-12-4-11-23(22)30(25)26/h1-16,32-33H,17H2. The maximum Gasteiger partial charge on any atom is 0.121 e. The Bertz CT molecular complexity index is 1860. The summed E-state index contributed by atoms with van der Waals surface area (Å²) in [6.07, 6.45) is 0. The van der Waals surface area contributed by atoms with Crippen molar-refractivity contribution in [2.45, 2.75) is 6.61 Å². The third kappa shape index (κ3) is 2.41. The molecular weight excluding hydrogens is 404 g/mol. The zero-order valence-electron chi connectivity index (χ0n) is 17.8. The van der Waals surface area contributed by atoms with Crippen LogP contribution >= 0.6 is 0 Å². The Morgan fingerprint density at radius 1 is 0.485 bits per heavy atom. The molecule has 0 bridgehead atoms. The first-order chi connectivity index (χ1) is 16.3. The van der Waals surface area contributed by atoms with Crippen LogP contribution in [0.2, 0.25) is 0 Å². The molecule has 0 spiro atoms. The van der Waals surface area contributed by atoms with Crippen molar-refractivity contribution in [2.75, 3.05) is 0 Å². The molecule has 0 fully saturated rings. The average molecular weight is 424 g/mol. The molecule has 0 aliphatic carbocycles. The summed E-state index contributed by atoms with van der Waals surface area (Å²) < 4.78 is 0. The van der Waals surface area contributed by atoms with Gasteiger partial charge in [-0.25, -0.2) is 0 Å². The highest BCUT2D eigenvalue weighted by atomic mass is 16.3. The molecule has 2 N–H and O–H groups in total. The van der Waals surface area contributed by atoms with Gasteiger partial charge in [0.25, 0.3) is 0 Å². The highest BCUT2D eigenvalue weighted by Gasteiger charge is 2.18. The van der Waals surface area contributed by atoms with Crippen LogP contribution in [-0.2, 0) is 6.61 Å². The number of fused-ring (bicyclic) bond motifs is 4. The highest BCUT2D eigenvalue weighted by Crippen LogP contribution is 2.46. The molecular formula is C31H20O2. The number of phenols is 1. The zero-order valence-corrected chi connectivity index (χ0v) is 17.8. The van der Waals surface area contributed by atoms with Crippen molar-refractivity contribution in [3.05, 3.63) is 103 Å². The van der Waals surface area contributed by atoms with E-state index in [1.165, 1.54) is 48.5 Å². The molecule has 2 nitrogen and oxygen atoms in total. The molecule has 0 saturated carbocycles. The second-order valence-corrected chi connectivity index (χ2v) is 8.73. The van der Waals surface area contributed by atoms with Gasteiger partial charge in [-0.2, -0.15) is 0 Å². The maximum atomic E-state index is 10.4. The van der Waals surface area contributed by atoms with E-state index >= 15 is 0 Å². The second kappa shape index (κ2) is 6.68. The fourth-order valence-corrected chi connectivity index (χ4v) is 5.69. The first-order valence-corrected chi connectivity index (χ1v) is 11.2. The first kappa shape index (κ1) is 18.4. The summed E-state index contributed by atoms with van der Waals surface area (Å²) in [5.74, 6) is 0.122. The molecule has 33 heavy (non-hydrogen) atoms. The highest BCUT2D eigenvalue weighted by molar-refractivity contribution is 6.38. The quantitative estimate of drug-likeness (QED) is 0.220. The van der Waals surface area contributed by atoms with E-state index < -0.39 is 0 Å². The summed E-state index contributed by atoms with van der Waals surface area (Å²) in [7, 11) is 0. The van der Waals surface area contributed by atoms with Crippen LogP contribution < -0.4 is 0 Å². The molecule has 0 unspecified atom stereocenters. The van der Waals surface area contributed by atoms with Crippen molar-refractivity contribution in [1.29, 1.82) is 0 Å². The molecule has 0 aromatic heterocycles. The van der Waals surface area contributed by atoms with Gasteiger partial charge in [0.15, 0.2) is 0 Å². The largest absolute Gasteiger partial charge is 0.508 e. The van der Waals surface area contributed by atoms with E-state index in [-0.39, 0.29) is 12.4 Å². The smallest absolute Gasteiger partial charge is 0.121 e. The Labute approximate surface area is 190 Å². The summed E-state index contributed by atoms with van der Waals surface area (Å²) >= 11 is 0. The monoisotopic (exact) mass is 424 g/mol. The third-order valence-electron chi connectivity index (χ3n) is 7.09. The van der Waals surface area contributed by atoms with Crippen LogP contribution in [0, 0.1) is 0 Å². The van der Waals surface area contributed by atoms with Crippen molar-refractivity contribution in [3.63, 3.8) is 0 Å². The van der Waals surface area contributed by atoms with Gasteiger partial charge in [-0.3, -0.25) is 0 Å². The summed E-state index contributed by atoms with van der Waals surface area (Å²) in [6.45, 7) is -0.211. The van der Waals surface area contributed by atoms with E-state index in [1.54, 1.807) is 6.07 Å². The minimum absolute atomic E-state index is 0.122. The molecule has 0 saturated heterocycles. The fraction of sp³-hybridized carbons (Fsp3) is 0.0323. The molecule has 0 atom stereocenters. The van der Waals surface area contributed by atoms with E-state index in [0.717, 1.165) is 16.5 Å². The molecule has 0 radical (unpaired) electrons. The lowest BCUT2D eigenvalue weighted by Crippen LogP contribution is -1.93. The van der Waals surface area contributed by atoms with Gasteiger partial charge < -0.3 is 10.2 Å². The van der Waals surface area contributed by atoms with Gasteiger partial charge in [-0.05, 0) is 77.1 Å². The van der Waals surface area contributed by atoms with Crippen LogP contribution in [0.4, 0.5) is 0 Å². The Kier molecular flexibility index (Phi) is 3.73. The van der Waals surface area contributed by atoms with Gasteiger partial charge in [-0.15, -0.1) is 0 Å². The van der Waals surface area contributed by atoms with Crippen molar-refractivity contribution in [1.82, 2.24) is 0 Å². The van der Waals surface area contributed by atoms with Crippen molar-refractivity contribution < 1.29 is 10.2 Å². The molecule has 156 valence electrons. The minimum Gasteiger partial charge on any atom is -0.508 e. The number of aliphatic hydroxyl groups excluding tert-OH is 1. The van der Waals surface area contributed by atoms with Gasteiger partial charge in [-0.1, -0.05) is 84.9 Å². The van der Waals surface area contributed by atoms with E-state index in [2.05, 4.69) is 78.9 Å². The van der Waals surface area contributed by atoms with E-state index in [4.69, 9.17) is 0 Å². The molecule has 0 amide bonds. The third-order valence-corrected chi connectivity index (χ3v) is 7.09. The number of aliphatic hydroxyl groups is 1. The maximum absolute atomic E-state index is 10.4.